The van der Waals surface area contributed by atoms with Crippen molar-refractivity contribution in [3.05, 3.63) is 88.8 Å². The van der Waals surface area contributed by atoms with Crippen LogP contribution in [0.25, 0.3) is 10.1 Å². The Kier molecular flexibility index (Phi) is 8.38. The molecule has 1 fully saturated rings. The van der Waals surface area contributed by atoms with Crippen molar-refractivity contribution in [3.8, 4) is 5.75 Å². The highest BCUT2D eigenvalue weighted by atomic mass is 32.1. The summed E-state index contributed by atoms with van der Waals surface area (Å²) in [5.41, 5.74) is 5.19. The second-order valence-electron chi connectivity index (χ2n) is 12.5. The van der Waals surface area contributed by atoms with Gasteiger partial charge >= 0.3 is 6.16 Å². The van der Waals surface area contributed by atoms with E-state index < -0.39 is 6.16 Å². The van der Waals surface area contributed by atoms with Gasteiger partial charge in [-0.3, -0.25) is 14.6 Å². The van der Waals surface area contributed by atoms with Gasteiger partial charge in [0.25, 0.3) is 0 Å². The van der Waals surface area contributed by atoms with E-state index in [9.17, 15) is 9.59 Å². The van der Waals surface area contributed by atoms with Crippen molar-refractivity contribution in [3.63, 3.8) is 0 Å². The van der Waals surface area contributed by atoms with Gasteiger partial charge in [0.2, 0.25) is 5.91 Å². The fraction of sp³-hybridized carbons (Fsp3) is 0.389. The summed E-state index contributed by atoms with van der Waals surface area (Å²) in [6.07, 6.45) is 2.47. The minimum absolute atomic E-state index is 0.0595. The van der Waals surface area contributed by atoms with E-state index in [0.717, 1.165) is 74.6 Å². The summed E-state index contributed by atoms with van der Waals surface area (Å²) >= 11 is 1.80. The van der Waals surface area contributed by atoms with Gasteiger partial charge in [0.05, 0.1) is 12.3 Å². The first-order chi connectivity index (χ1) is 22.0. The van der Waals surface area contributed by atoms with Crippen LogP contribution < -0.4 is 14.5 Å². The van der Waals surface area contributed by atoms with Crippen molar-refractivity contribution in [1.29, 1.82) is 0 Å². The van der Waals surface area contributed by atoms with Crippen LogP contribution in [0.15, 0.2) is 72.1 Å². The third-order valence-electron chi connectivity index (χ3n) is 9.32. The van der Waals surface area contributed by atoms with Gasteiger partial charge in [-0.25, -0.2) is 4.79 Å². The van der Waals surface area contributed by atoms with Crippen LogP contribution in [0.3, 0.4) is 0 Å². The first kappa shape index (κ1) is 29.6. The number of anilines is 2. The Labute approximate surface area is 268 Å². The van der Waals surface area contributed by atoms with Gasteiger partial charge in [-0.05, 0) is 72.1 Å². The van der Waals surface area contributed by atoms with E-state index in [4.69, 9.17) is 14.2 Å². The van der Waals surface area contributed by atoms with Crippen LogP contribution in [0, 0.1) is 0 Å². The van der Waals surface area contributed by atoms with E-state index in [-0.39, 0.29) is 24.7 Å². The summed E-state index contributed by atoms with van der Waals surface area (Å²) in [5, 5.41) is 3.54. The minimum atomic E-state index is -0.799. The first-order valence-electron chi connectivity index (χ1n) is 15.8. The number of piperazine rings is 1. The molecule has 234 valence electrons. The van der Waals surface area contributed by atoms with Crippen molar-refractivity contribution in [2.45, 2.75) is 44.6 Å². The Morgan fingerprint density at radius 2 is 1.76 bits per heavy atom. The number of hydrogen-bond donors (Lipinski definition) is 0. The average molecular weight is 626 g/mol. The van der Waals surface area contributed by atoms with Crippen molar-refractivity contribution in [2.24, 2.45) is 0 Å². The van der Waals surface area contributed by atoms with Crippen LogP contribution in [-0.2, 0) is 32.7 Å². The Bertz CT molecular complexity index is 1680. The Balaban J connectivity index is 0.888. The number of amides is 1. The Morgan fingerprint density at radius 1 is 0.911 bits per heavy atom. The zero-order valence-electron chi connectivity index (χ0n) is 25.7. The number of carbonyl (C=O) groups excluding carboxylic acids is 2. The molecule has 1 unspecified atom stereocenters. The molecule has 4 aromatic rings. The molecule has 3 heterocycles. The van der Waals surface area contributed by atoms with Crippen LogP contribution in [-0.4, -0.2) is 63.0 Å². The SMILES string of the molecule is CC12CC(=O)N(COC(=O)OCc3ccccc3)c3cc(OCCCCN4CCN(c5cccc6sccc56)CC4)cc(c31)C2. The molecular formula is C36H39N3O5S. The van der Waals surface area contributed by atoms with Crippen LogP contribution >= 0.6 is 11.3 Å². The number of carbonyl (C=O) groups is 2. The highest BCUT2D eigenvalue weighted by molar-refractivity contribution is 7.17. The molecule has 3 aliphatic rings. The summed E-state index contributed by atoms with van der Waals surface area (Å²) in [5.74, 6) is 0.698. The second kappa shape index (κ2) is 12.7. The fourth-order valence-corrected chi connectivity index (χ4v) is 7.82. The molecule has 0 bridgehead atoms. The second-order valence-corrected chi connectivity index (χ2v) is 13.5. The van der Waals surface area contributed by atoms with Crippen molar-refractivity contribution in [2.75, 3.05) is 55.9 Å². The van der Waals surface area contributed by atoms with E-state index in [1.54, 1.807) is 16.2 Å². The molecule has 1 atom stereocenters. The third kappa shape index (κ3) is 6.24. The molecule has 0 N–H and O–H groups in total. The number of ether oxygens (including phenoxy) is 3. The molecule has 0 radical (unpaired) electrons. The predicted octanol–water partition coefficient (Wildman–Crippen LogP) is 6.74. The fourth-order valence-electron chi connectivity index (χ4n) is 7.02. The lowest BCUT2D eigenvalue weighted by Gasteiger charge is -2.48. The molecule has 1 aromatic heterocycles. The van der Waals surface area contributed by atoms with Crippen molar-refractivity contribution < 1.29 is 23.8 Å². The van der Waals surface area contributed by atoms with E-state index in [1.807, 2.05) is 36.4 Å². The van der Waals surface area contributed by atoms with E-state index in [1.165, 1.54) is 21.3 Å². The summed E-state index contributed by atoms with van der Waals surface area (Å²) in [6.45, 7) is 7.98. The monoisotopic (exact) mass is 625 g/mol. The smallest absolute Gasteiger partial charge is 0.494 e. The maximum absolute atomic E-state index is 13.1. The largest absolute Gasteiger partial charge is 0.510 e. The standard InChI is InChI=1S/C36H39N3O5S/c1-36-22-27-20-28(21-31(34(27)36)39(33(40)23-36)25-44-35(41)43-24-26-8-3-2-4-9-26)42-18-6-5-13-37-14-16-38(17-15-37)30-10-7-11-32-29(30)12-19-45-32/h2-4,7-12,19-21H,5-6,13-18,22-25H2,1H3. The average Bonchev–Trinajstić information content (AvgIpc) is 3.53. The van der Waals surface area contributed by atoms with Gasteiger partial charge < -0.3 is 19.1 Å². The zero-order chi connectivity index (χ0) is 30.8. The van der Waals surface area contributed by atoms with Crippen LogP contribution in [0.4, 0.5) is 16.2 Å². The Hall–Kier alpha value is -4.08. The lowest BCUT2D eigenvalue weighted by atomic mass is 9.61. The summed E-state index contributed by atoms with van der Waals surface area (Å²) in [6, 6.07) is 22.3. The number of thiophene rings is 1. The molecule has 0 saturated carbocycles. The predicted molar refractivity (Wildman–Crippen MR) is 177 cm³/mol. The van der Waals surface area contributed by atoms with Crippen LogP contribution in [0.5, 0.6) is 5.75 Å². The molecular weight excluding hydrogens is 586 g/mol. The third-order valence-corrected chi connectivity index (χ3v) is 10.2. The lowest BCUT2D eigenvalue weighted by Crippen LogP contribution is -2.50. The van der Waals surface area contributed by atoms with E-state index >= 15 is 0 Å². The van der Waals surface area contributed by atoms with Crippen LogP contribution in [0.1, 0.15) is 42.9 Å². The van der Waals surface area contributed by atoms with Crippen molar-refractivity contribution in [1.82, 2.24) is 4.90 Å². The molecule has 7 rings (SSSR count). The molecule has 8 nitrogen and oxygen atoms in total. The minimum Gasteiger partial charge on any atom is -0.494 e. The Morgan fingerprint density at radius 3 is 2.60 bits per heavy atom. The van der Waals surface area contributed by atoms with Gasteiger partial charge in [-0.15, -0.1) is 11.3 Å². The number of hydrogen-bond acceptors (Lipinski definition) is 8. The molecule has 1 aliphatic carbocycles. The molecule has 0 spiro atoms. The maximum Gasteiger partial charge on any atom is 0.510 e. The first-order valence-corrected chi connectivity index (χ1v) is 16.7. The van der Waals surface area contributed by atoms with Crippen molar-refractivity contribution >= 4 is 44.9 Å². The molecule has 9 heteroatoms. The van der Waals surface area contributed by atoms with Gasteiger partial charge in [0.15, 0.2) is 6.73 Å². The number of fused-ring (bicyclic) bond motifs is 1. The number of nitrogens with zero attached hydrogens (tertiary/aromatic N) is 3. The highest BCUT2D eigenvalue weighted by Crippen LogP contribution is 2.53. The molecule has 45 heavy (non-hydrogen) atoms. The number of unbranched alkanes of at least 4 members (excludes halogenated alkanes) is 1. The lowest BCUT2D eigenvalue weighted by molar-refractivity contribution is -0.121. The summed E-state index contributed by atoms with van der Waals surface area (Å²) in [4.78, 5) is 32.1. The van der Waals surface area contributed by atoms with Gasteiger partial charge in [-0.2, -0.15) is 0 Å². The highest BCUT2D eigenvalue weighted by Gasteiger charge is 2.48. The maximum atomic E-state index is 13.1. The number of rotatable bonds is 11. The molecule has 3 aromatic carbocycles. The summed E-state index contributed by atoms with van der Waals surface area (Å²) in [7, 11) is 0. The topological polar surface area (TPSA) is 71.5 Å². The quantitative estimate of drug-likeness (QED) is 0.135. The van der Waals surface area contributed by atoms with E-state index in [2.05, 4.69) is 52.4 Å². The molecule has 1 saturated heterocycles. The van der Waals surface area contributed by atoms with E-state index in [0.29, 0.717) is 13.0 Å². The molecule has 2 aliphatic heterocycles. The van der Waals surface area contributed by atoms with Gasteiger partial charge in [-0.1, -0.05) is 43.3 Å². The summed E-state index contributed by atoms with van der Waals surface area (Å²) < 4.78 is 18.2. The van der Waals surface area contributed by atoms with Gasteiger partial charge in [0.1, 0.15) is 12.4 Å². The number of benzene rings is 3. The molecule has 1 amide bonds. The zero-order valence-corrected chi connectivity index (χ0v) is 26.5. The van der Waals surface area contributed by atoms with Gasteiger partial charge in [0, 0.05) is 59.9 Å². The normalized spacial score (nSPS) is 19.3. The van der Waals surface area contributed by atoms with Crippen LogP contribution in [0.2, 0.25) is 0 Å².